The lowest BCUT2D eigenvalue weighted by molar-refractivity contribution is -0.142. The number of carbonyl (C=O) groups excluding carboxylic acids is 1. The van der Waals surface area contributed by atoms with Crippen LogP contribution in [0.5, 0.6) is 5.75 Å². The summed E-state index contributed by atoms with van der Waals surface area (Å²) in [5.74, 6) is 0.387. The van der Waals surface area contributed by atoms with Crippen molar-refractivity contribution in [3.8, 4) is 5.75 Å². The summed E-state index contributed by atoms with van der Waals surface area (Å²) >= 11 is 0. The quantitative estimate of drug-likeness (QED) is 0.728. The lowest BCUT2D eigenvalue weighted by Gasteiger charge is -2.29. The molecular weight excluding hydrogens is 380 g/mol. The monoisotopic (exact) mass is 410 g/mol. The Morgan fingerprint density at radius 2 is 1.71 bits per heavy atom. The lowest BCUT2D eigenvalue weighted by Crippen LogP contribution is -2.46. The number of hydrogen-bond acceptors (Lipinski definition) is 5. The second kappa shape index (κ2) is 9.71. The number of ether oxygens (including phenoxy) is 2. The van der Waals surface area contributed by atoms with Crippen molar-refractivity contribution < 1.29 is 22.7 Å². The Bertz CT molecular complexity index is 736. The third-order valence-corrected chi connectivity index (χ3v) is 6.83. The minimum absolute atomic E-state index is 0.00888. The van der Waals surface area contributed by atoms with Crippen molar-refractivity contribution in [3.63, 3.8) is 0 Å². The van der Waals surface area contributed by atoms with E-state index in [4.69, 9.17) is 9.47 Å². The summed E-state index contributed by atoms with van der Waals surface area (Å²) in [7, 11) is -3.55. The molecule has 2 fully saturated rings. The van der Waals surface area contributed by atoms with Gasteiger partial charge in [0.15, 0.2) is 6.10 Å². The molecule has 0 aromatic heterocycles. The summed E-state index contributed by atoms with van der Waals surface area (Å²) in [4.78, 5) is 14.4. The summed E-state index contributed by atoms with van der Waals surface area (Å²) in [6.07, 6.45) is 5.62. The van der Waals surface area contributed by atoms with E-state index in [0.717, 1.165) is 25.7 Å². The van der Waals surface area contributed by atoms with Crippen molar-refractivity contribution in [2.75, 3.05) is 26.3 Å². The van der Waals surface area contributed by atoms with Gasteiger partial charge in [-0.1, -0.05) is 25.7 Å². The fourth-order valence-corrected chi connectivity index (χ4v) is 4.98. The minimum Gasteiger partial charge on any atom is -0.481 e. The van der Waals surface area contributed by atoms with Gasteiger partial charge in [-0.25, -0.2) is 13.1 Å². The summed E-state index contributed by atoms with van der Waals surface area (Å²) in [6.45, 7) is 3.92. The van der Waals surface area contributed by atoms with Crippen LogP contribution in [0.3, 0.4) is 0 Å². The fourth-order valence-electron chi connectivity index (χ4n) is 3.68. The van der Waals surface area contributed by atoms with E-state index in [1.165, 1.54) is 25.0 Å². The van der Waals surface area contributed by atoms with Crippen molar-refractivity contribution in [1.29, 1.82) is 0 Å². The number of amides is 1. The highest BCUT2D eigenvalue weighted by Crippen LogP contribution is 2.21. The Morgan fingerprint density at radius 3 is 2.32 bits per heavy atom. The van der Waals surface area contributed by atoms with E-state index in [1.54, 1.807) is 24.0 Å². The Balaban J connectivity index is 1.58. The first kappa shape index (κ1) is 21.1. The van der Waals surface area contributed by atoms with E-state index in [1.807, 2.05) is 0 Å². The molecular formula is C20H30N2O5S. The number of nitrogens with zero attached hydrogens (tertiary/aromatic N) is 1. The number of sulfonamides is 1. The summed E-state index contributed by atoms with van der Waals surface area (Å²) in [5.41, 5.74) is 0. The smallest absolute Gasteiger partial charge is 0.263 e. The molecule has 0 spiro atoms. The van der Waals surface area contributed by atoms with Gasteiger partial charge in [0.1, 0.15) is 5.75 Å². The van der Waals surface area contributed by atoms with Crippen molar-refractivity contribution in [2.45, 2.75) is 62.5 Å². The highest BCUT2D eigenvalue weighted by molar-refractivity contribution is 7.89. The van der Waals surface area contributed by atoms with Crippen molar-refractivity contribution in [3.05, 3.63) is 24.3 Å². The predicted molar refractivity (Wildman–Crippen MR) is 106 cm³/mol. The molecule has 1 aliphatic heterocycles. The maximum atomic E-state index is 12.6. The van der Waals surface area contributed by atoms with Crippen LogP contribution in [0.15, 0.2) is 29.2 Å². The van der Waals surface area contributed by atoms with Crippen LogP contribution in [0.25, 0.3) is 0 Å². The first-order chi connectivity index (χ1) is 13.5. The lowest BCUT2D eigenvalue weighted by atomic mass is 10.1. The van der Waals surface area contributed by atoms with Crippen LogP contribution < -0.4 is 9.46 Å². The Morgan fingerprint density at radius 1 is 1.11 bits per heavy atom. The van der Waals surface area contributed by atoms with Gasteiger partial charge >= 0.3 is 0 Å². The molecule has 8 heteroatoms. The normalized spacial score (nSPS) is 20.4. The average molecular weight is 411 g/mol. The molecule has 1 heterocycles. The second-order valence-electron chi connectivity index (χ2n) is 7.48. The molecule has 1 saturated heterocycles. The average Bonchev–Trinajstić information content (AvgIpc) is 2.96. The van der Waals surface area contributed by atoms with Crippen LogP contribution in [-0.4, -0.2) is 57.7 Å². The van der Waals surface area contributed by atoms with Crippen LogP contribution in [0.4, 0.5) is 0 Å². The van der Waals surface area contributed by atoms with E-state index < -0.39 is 16.1 Å². The van der Waals surface area contributed by atoms with Crippen LogP contribution in [0, 0.1) is 0 Å². The molecule has 1 aliphatic carbocycles. The highest BCUT2D eigenvalue weighted by atomic mass is 32.2. The molecule has 1 aromatic carbocycles. The molecule has 0 radical (unpaired) electrons. The van der Waals surface area contributed by atoms with E-state index in [9.17, 15) is 13.2 Å². The Labute approximate surface area is 167 Å². The number of rotatable bonds is 6. The Kier molecular flexibility index (Phi) is 7.31. The molecule has 1 saturated carbocycles. The van der Waals surface area contributed by atoms with E-state index >= 15 is 0 Å². The van der Waals surface area contributed by atoms with E-state index in [0.29, 0.717) is 32.1 Å². The van der Waals surface area contributed by atoms with Crippen molar-refractivity contribution >= 4 is 15.9 Å². The standard InChI is InChI=1S/C20H30N2O5S/c1-16(20(23)22-12-14-26-15-13-22)27-18-8-10-19(11-9-18)28(24,25)21-17-6-4-2-3-5-7-17/h8-11,16-17,21H,2-7,12-15H2,1H3/t16-/m1/s1. The summed E-state index contributed by atoms with van der Waals surface area (Å²) in [6, 6.07) is 6.27. The largest absolute Gasteiger partial charge is 0.481 e. The van der Waals surface area contributed by atoms with Crippen molar-refractivity contribution in [2.24, 2.45) is 0 Å². The molecule has 3 rings (SSSR count). The third kappa shape index (κ3) is 5.68. The highest BCUT2D eigenvalue weighted by Gasteiger charge is 2.24. The minimum atomic E-state index is -3.55. The SMILES string of the molecule is C[C@@H](Oc1ccc(S(=O)(=O)NC2CCCCCC2)cc1)C(=O)N1CCOCC1. The van der Waals surface area contributed by atoms with Crippen LogP contribution >= 0.6 is 0 Å². The third-order valence-electron chi connectivity index (χ3n) is 5.29. The molecule has 0 unspecified atom stereocenters. The van der Waals surface area contributed by atoms with E-state index in [-0.39, 0.29) is 16.8 Å². The van der Waals surface area contributed by atoms with E-state index in [2.05, 4.69) is 4.72 Å². The van der Waals surface area contributed by atoms with Gasteiger partial charge in [0.05, 0.1) is 18.1 Å². The maximum absolute atomic E-state index is 12.6. The van der Waals surface area contributed by atoms with Crippen molar-refractivity contribution in [1.82, 2.24) is 9.62 Å². The maximum Gasteiger partial charge on any atom is 0.263 e. The number of hydrogen-bond donors (Lipinski definition) is 1. The number of morpholine rings is 1. The summed E-state index contributed by atoms with van der Waals surface area (Å²) < 4.78 is 39.1. The molecule has 7 nitrogen and oxygen atoms in total. The first-order valence-corrected chi connectivity index (χ1v) is 11.6. The zero-order chi connectivity index (χ0) is 20.0. The van der Waals surface area contributed by atoms with Crippen LogP contribution in [-0.2, 0) is 19.6 Å². The molecule has 1 atom stereocenters. The van der Waals surface area contributed by atoms with Gasteiger partial charge in [0, 0.05) is 19.1 Å². The van der Waals surface area contributed by atoms with Crippen LogP contribution in [0.2, 0.25) is 0 Å². The Hall–Kier alpha value is -1.64. The zero-order valence-electron chi connectivity index (χ0n) is 16.4. The van der Waals surface area contributed by atoms with Gasteiger partial charge in [0.2, 0.25) is 10.0 Å². The van der Waals surface area contributed by atoms with Gasteiger partial charge in [-0.15, -0.1) is 0 Å². The van der Waals surface area contributed by atoms with Crippen LogP contribution in [0.1, 0.15) is 45.4 Å². The van der Waals surface area contributed by atoms with Gasteiger partial charge in [-0.2, -0.15) is 0 Å². The topological polar surface area (TPSA) is 84.9 Å². The van der Waals surface area contributed by atoms with Gasteiger partial charge < -0.3 is 14.4 Å². The number of carbonyl (C=O) groups is 1. The zero-order valence-corrected chi connectivity index (χ0v) is 17.2. The molecule has 156 valence electrons. The molecule has 1 amide bonds. The first-order valence-electron chi connectivity index (χ1n) is 10.1. The summed E-state index contributed by atoms with van der Waals surface area (Å²) in [5, 5.41) is 0. The number of nitrogens with one attached hydrogen (secondary N) is 1. The molecule has 28 heavy (non-hydrogen) atoms. The molecule has 1 N–H and O–H groups in total. The molecule has 1 aromatic rings. The van der Waals surface area contributed by atoms with Gasteiger partial charge in [0.25, 0.3) is 5.91 Å². The predicted octanol–water partition coefficient (Wildman–Crippen LogP) is 2.31. The number of benzene rings is 1. The van der Waals surface area contributed by atoms with Gasteiger partial charge in [-0.3, -0.25) is 4.79 Å². The second-order valence-corrected chi connectivity index (χ2v) is 9.19. The molecule has 2 aliphatic rings. The fraction of sp³-hybridized carbons (Fsp3) is 0.650. The van der Waals surface area contributed by atoms with Gasteiger partial charge in [-0.05, 0) is 44.0 Å². The molecule has 0 bridgehead atoms.